The molecule has 2 rings (SSSR count). The summed E-state index contributed by atoms with van der Waals surface area (Å²) in [5.74, 6) is -0.0702. The predicted molar refractivity (Wildman–Crippen MR) is 77.2 cm³/mol. The molecule has 3 nitrogen and oxygen atoms in total. The highest BCUT2D eigenvalue weighted by molar-refractivity contribution is 7.84. The van der Waals surface area contributed by atoms with Gasteiger partial charge in [0.2, 0.25) is 0 Å². The summed E-state index contributed by atoms with van der Waals surface area (Å²) in [7, 11) is -1.68. The Balaban J connectivity index is 2.04. The Bertz CT molecular complexity index is 640. The molecule has 0 fully saturated rings. The van der Waals surface area contributed by atoms with E-state index in [2.05, 4.69) is 5.32 Å². The first-order valence-corrected chi connectivity index (χ1v) is 7.92. The Kier molecular flexibility index (Phi) is 5.25. The lowest BCUT2D eigenvalue weighted by atomic mass is 10.3. The van der Waals surface area contributed by atoms with Crippen LogP contribution in [0.2, 0.25) is 0 Å². The van der Waals surface area contributed by atoms with Crippen molar-refractivity contribution in [1.82, 2.24) is 5.32 Å². The summed E-state index contributed by atoms with van der Waals surface area (Å²) in [6.07, 6.45) is 0. The van der Waals surface area contributed by atoms with Gasteiger partial charge in [0.1, 0.15) is 23.2 Å². The van der Waals surface area contributed by atoms with Gasteiger partial charge in [0, 0.05) is 6.04 Å². The first-order chi connectivity index (χ1) is 9.95. The van der Waals surface area contributed by atoms with E-state index in [0.717, 1.165) is 24.0 Å². The van der Waals surface area contributed by atoms with Gasteiger partial charge in [-0.25, -0.2) is 8.78 Å². The molecule has 0 saturated carbocycles. The maximum atomic E-state index is 13.5. The first kappa shape index (κ1) is 15.9. The van der Waals surface area contributed by atoms with Crippen LogP contribution in [0.1, 0.15) is 25.4 Å². The Morgan fingerprint density at radius 1 is 1.19 bits per heavy atom. The van der Waals surface area contributed by atoms with E-state index in [1.54, 1.807) is 12.1 Å². The summed E-state index contributed by atoms with van der Waals surface area (Å²) in [5.41, 5.74) is 0. The molecule has 0 amide bonds. The van der Waals surface area contributed by atoms with Crippen molar-refractivity contribution in [2.24, 2.45) is 0 Å². The number of hydrogen-bond donors (Lipinski definition) is 1. The van der Waals surface area contributed by atoms with Gasteiger partial charge in [-0.05, 0) is 30.3 Å². The van der Waals surface area contributed by atoms with Gasteiger partial charge < -0.3 is 9.73 Å². The van der Waals surface area contributed by atoms with Crippen LogP contribution < -0.4 is 5.32 Å². The number of halogens is 2. The fourth-order valence-electron chi connectivity index (χ4n) is 1.76. The van der Waals surface area contributed by atoms with E-state index in [-0.39, 0.29) is 10.6 Å². The smallest absolute Gasteiger partial charge is 0.139 e. The zero-order valence-electron chi connectivity index (χ0n) is 11.9. The first-order valence-electron chi connectivity index (χ1n) is 6.60. The average Bonchev–Trinajstić information content (AvgIpc) is 2.86. The highest BCUT2D eigenvalue weighted by Crippen LogP contribution is 2.18. The molecular formula is C15H17F2NO2S. The Morgan fingerprint density at radius 3 is 2.62 bits per heavy atom. The predicted octanol–water partition coefficient (Wildman–Crippen LogP) is 3.36. The third-order valence-electron chi connectivity index (χ3n) is 2.81. The maximum absolute atomic E-state index is 13.5. The van der Waals surface area contributed by atoms with Gasteiger partial charge in [0.15, 0.2) is 0 Å². The molecule has 0 aliphatic heterocycles. The molecule has 2 aromatic rings. The van der Waals surface area contributed by atoms with Crippen molar-refractivity contribution < 1.29 is 17.4 Å². The highest BCUT2D eigenvalue weighted by atomic mass is 32.2. The minimum absolute atomic E-state index is 0.0159. The number of rotatable bonds is 6. The number of benzene rings is 1. The summed E-state index contributed by atoms with van der Waals surface area (Å²) in [4.78, 5) is -0.145. The zero-order chi connectivity index (χ0) is 15.4. The van der Waals surface area contributed by atoms with Crippen molar-refractivity contribution in [2.75, 3.05) is 0 Å². The molecule has 114 valence electrons. The maximum Gasteiger partial charge on any atom is 0.139 e. The zero-order valence-corrected chi connectivity index (χ0v) is 12.7. The van der Waals surface area contributed by atoms with Crippen LogP contribution in [0.15, 0.2) is 39.6 Å². The molecule has 0 spiro atoms. The van der Waals surface area contributed by atoms with Crippen LogP contribution in [0.5, 0.6) is 0 Å². The monoisotopic (exact) mass is 313 g/mol. The lowest BCUT2D eigenvalue weighted by Gasteiger charge is -2.05. The molecule has 6 heteroatoms. The van der Waals surface area contributed by atoms with E-state index in [1.165, 1.54) is 0 Å². The van der Waals surface area contributed by atoms with Crippen molar-refractivity contribution in [2.45, 2.75) is 37.1 Å². The number of furan rings is 1. The van der Waals surface area contributed by atoms with E-state index >= 15 is 0 Å². The minimum Gasteiger partial charge on any atom is -0.464 e. The standard InChI is InChI=1S/C15H17F2NO2S/c1-10(2)18-8-12-4-5-13(20-12)9-21(19)15-7-11(16)3-6-14(15)17/h3-7,10,18H,8-9H2,1-2H3. The van der Waals surface area contributed by atoms with Gasteiger partial charge in [0.05, 0.1) is 28.0 Å². The van der Waals surface area contributed by atoms with Gasteiger partial charge in [0.25, 0.3) is 0 Å². The van der Waals surface area contributed by atoms with E-state index in [4.69, 9.17) is 4.42 Å². The molecule has 21 heavy (non-hydrogen) atoms. The SMILES string of the molecule is CC(C)NCc1ccc(CS(=O)c2cc(F)ccc2F)o1. The molecule has 1 heterocycles. The van der Waals surface area contributed by atoms with Gasteiger partial charge in [-0.15, -0.1) is 0 Å². The average molecular weight is 313 g/mol. The Hall–Kier alpha value is -1.53. The summed E-state index contributed by atoms with van der Waals surface area (Å²) in [6.45, 7) is 4.61. The number of nitrogens with one attached hydrogen (secondary N) is 1. The second-order valence-corrected chi connectivity index (χ2v) is 6.39. The van der Waals surface area contributed by atoms with E-state index in [1.807, 2.05) is 13.8 Å². The summed E-state index contributed by atoms with van der Waals surface area (Å²) in [6, 6.07) is 6.74. The molecule has 1 unspecified atom stereocenters. The lowest BCUT2D eigenvalue weighted by molar-refractivity contribution is 0.444. The molecule has 1 N–H and O–H groups in total. The summed E-state index contributed by atoms with van der Waals surface area (Å²) >= 11 is 0. The largest absolute Gasteiger partial charge is 0.464 e. The molecule has 1 aromatic carbocycles. The second-order valence-electron chi connectivity index (χ2n) is 4.97. The number of hydrogen-bond acceptors (Lipinski definition) is 3. The molecule has 1 aromatic heterocycles. The third-order valence-corrected chi connectivity index (χ3v) is 4.16. The van der Waals surface area contributed by atoms with Crippen LogP contribution in [-0.4, -0.2) is 10.3 Å². The Labute approximate surface area is 124 Å². The fraction of sp³-hybridized carbons (Fsp3) is 0.333. The molecule has 0 saturated heterocycles. The lowest BCUT2D eigenvalue weighted by Crippen LogP contribution is -2.21. The van der Waals surface area contributed by atoms with E-state index in [0.29, 0.717) is 18.3 Å². The van der Waals surface area contributed by atoms with Gasteiger partial charge in [-0.1, -0.05) is 13.8 Å². The third kappa shape index (κ3) is 4.47. The van der Waals surface area contributed by atoms with E-state index in [9.17, 15) is 13.0 Å². The highest BCUT2D eigenvalue weighted by Gasteiger charge is 2.14. The normalized spacial score (nSPS) is 12.8. The topological polar surface area (TPSA) is 42.2 Å². The molecule has 0 radical (unpaired) electrons. The molecule has 1 atom stereocenters. The Morgan fingerprint density at radius 2 is 1.90 bits per heavy atom. The summed E-state index contributed by atoms with van der Waals surface area (Å²) in [5, 5.41) is 3.20. The fourth-order valence-corrected chi connectivity index (χ4v) is 2.86. The van der Waals surface area contributed by atoms with Crippen molar-refractivity contribution in [3.05, 3.63) is 53.5 Å². The molecule has 0 aliphatic rings. The van der Waals surface area contributed by atoms with Crippen LogP contribution in [0.25, 0.3) is 0 Å². The van der Waals surface area contributed by atoms with Gasteiger partial charge in [-0.2, -0.15) is 0 Å². The van der Waals surface area contributed by atoms with Crippen LogP contribution in [0, 0.1) is 11.6 Å². The molecular weight excluding hydrogens is 296 g/mol. The van der Waals surface area contributed by atoms with Crippen molar-refractivity contribution in [3.8, 4) is 0 Å². The quantitative estimate of drug-likeness (QED) is 0.889. The van der Waals surface area contributed by atoms with Crippen molar-refractivity contribution in [1.29, 1.82) is 0 Å². The molecule has 0 aliphatic carbocycles. The van der Waals surface area contributed by atoms with Gasteiger partial charge >= 0.3 is 0 Å². The van der Waals surface area contributed by atoms with Crippen LogP contribution in [0.3, 0.4) is 0 Å². The summed E-state index contributed by atoms with van der Waals surface area (Å²) < 4.78 is 44.2. The van der Waals surface area contributed by atoms with Crippen LogP contribution >= 0.6 is 0 Å². The van der Waals surface area contributed by atoms with Crippen LogP contribution in [0.4, 0.5) is 8.78 Å². The van der Waals surface area contributed by atoms with Crippen molar-refractivity contribution in [3.63, 3.8) is 0 Å². The van der Waals surface area contributed by atoms with Gasteiger partial charge in [-0.3, -0.25) is 4.21 Å². The van der Waals surface area contributed by atoms with Crippen LogP contribution in [-0.2, 0) is 23.1 Å². The van der Waals surface area contributed by atoms with Crippen molar-refractivity contribution >= 4 is 10.8 Å². The molecule has 0 bridgehead atoms. The minimum atomic E-state index is -1.68. The second kappa shape index (κ2) is 6.95. The van der Waals surface area contributed by atoms with E-state index < -0.39 is 22.4 Å².